The molecule has 0 aliphatic carbocycles. The smallest absolute Gasteiger partial charge is 0.275 e. The molecule has 0 amide bonds. The first-order valence-corrected chi connectivity index (χ1v) is 4.78. The van der Waals surface area contributed by atoms with Gasteiger partial charge in [-0.05, 0) is 18.1 Å². The number of hydrogen-bond donors (Lipinski definition) is 4. The fourth-order valence-electron chi connectivity index (χ4n) is 1.64. The largest absolute Gasteiger partial charge is 0.361 e. The molecule has 1 aromatic carbocycles. The predicted octanol–water partition coefficient (Wildman–Crippen LogP) is 0.731. The van der Waals surface area contributed by atoms with Crippen LogP contribution in [0.3, 0.4) is 0 Å². The first-order valence-electron chi connectivity index (χ1n) is 4.78. The number of aromatic amines is 1. The molecule has 1 aromatic heterocycles. The van der Waals surface area contributed by atoms with Gasteiger partial charge in [-0.1, -0.05) is 18.2 Å². The summed E-state index contributed by atoms with van der Waals surface area (Å²) in [6.07, 6.45) is 2.12. The number of aliphatic hydroxyl groups is 3. The summed E-state index contributed by atoms with van der Waals surface area (Å²) in [6, 6.07) is 7.75. The van der Waals surface area contributed by atoms with Crippen molar-refractivity contribution < 1.29 is 15.3 Å². The lowest BCUT2D eigenvalue weighted by molar-refractivity contribution is -0.314. The van der Waals surface area contributed by atoms with Crippen molar-refractivity contribution in [1.82, 2.24) is 4.98 Å². The van der Waals surface area contributed by atoms with Gasteiger partial charge in [0.05, 0.1) is 0 Å². The third-order valence-electron chi connectivity index (χ3n) is 2.40. The monoisotopic (exact) mass is 207 g/mol. The molecule has 0 atom stereocenters. The molecule has 0 bridgehead atoms. The van der Waals surface area contributed by atoms with Crippen LogP contribution in [0.1, 0.15) is 12.0 Å². The number of para-hydroxylation sites is 1. The van der Waals surface area contributed by atoms with Gasteiger partial charge in [0.15, 0.2) is 0 Å². The van der Waals surface area contributed by atoms with Crippen LogP contribution in [0.15, 0.2) is 30.5 Å². The van der Waals surface area contributed by atoms with Crippen molar-refractivity contribution in [2.75, 3.05) is 0 Å². The van der Waals surface area contributed by atoms with Crippen LogP contribution >= 0.6 is 0 Å². The van der Waals surface area contributed by atoms with Gasteiger partial charge in [0, 0.05) is 23.5 Å². The van der Waals surface area contributed by atoms with Gasteiger partial charge in [-0.25, -0.2) is 0 Å². The van der Waals surface area contributed by atoms with Crippen molar-refractivity contribution >= 4 is 10.9 Å². The lowest BCUT2D eigenvalue weighted by atomic mass is 10.1. The Morgan fingerprint density at radius 1 is 1.13 bits per heavy atom. The lowest BCUT2D eigenvalue weighted by Crippen LogP contribution is -2.27. The second kappa shape index (κ2) is 3.66. The fraction of sp³-hybridized carbons (Fsp3) is 0.273. The van der Waals surface area contributed by atoms with Gasteiger partial charge in [0.25, 0.3) is 5.97 Å². The molecule has 15 heavy (non-hydrogen) atoms. The number of H-pyrrole nitrogens is 1. The molecule has 2 rings (SSSR count). The van der Waals surface area contributed by atoms with Crippen molar-refractivity contribution in [3.05, 3.63) is 36.0 Å². The zero-order valence-corrected chi connectivity index (χ0v) is 8.14. The van der Waals surface area contributed by atoms with Gasteiger partial charge in [0.2, 0.25) is 0 Å². The first-order chi connectivity index (χ1) is 7.06. The standard InChI is InChI=1S/C11H13NO3/c13-11(14,15)6-5-8-7-12-10-4-2-1-3-9(8)10/h1-4,7,12-15H,5-6H2. The maximum Gasteiger partial charge on any atom is 0.275 e. The van der Waals surface area contributed by atoms with E-state index in [1.807, 2.05) is 30.5 Å². The molecule has 0 radical (unpaired) electrons. The van der Waals surface area contributed by atoms with E-state index in [1.54, 1.807) is 0 Å². The van der Waals surface area contributed by atoms with Crippen LogP contribution in [-0.4, -0.2) is 26.3 Å². The third kappa shape index (κ3) is 2.36. The minimum absolute atomic E-state index is 0.102. The zero-order valence-electron chi connectivity index (χ0n) is 8.14. The summed E-state index contributed by atoms with van der Waals surface area (Å²) < 4.78 is 0. The highest BCUT2D eigenvalue weighted by Gasteiger charge is 2.18. The number of fused-ring (bicyclic) bond motifs is 1. The van der Waals surface area contributed by atoms with E-state index in [4.69, 9.17) is 15.3 Å². The fourth-order valence-corrected chi connectivity index (χ4v) is 1.64. The molecule has 4 nitrogen and oxygen atoms in total. The summed E-state index contributed by atoms with van der Waals surface area (Å²) >= 11 is 0. The minimum Gasteiger partial charge on any atom is -0.361 e. The molecule has 2 aromatic rings. The topological polar surface area (TPSA) is 76.5 Å². The van der Waals surface area contributed by atoms with Gasteiger partial charge < -0.3 is 20.3 Å². The number of aromatic nitrogens is 1. The summed E-state index contributed by atoms with van der Waals surface area (Å²) in [4.78, 5) is 3.08. The van der Waals surface area contributed by atoms with Gasteiger partial charge in [0.1, 0.15) is 0 Å². The Labute approximate surface area is 86.8 Å². The molecular formula is C11H13NO3. The van der Waals surface area contributed by atoms with Crippen molar-refractivity contribution in [2.24, 2.45) is 0 Å². The average Bonchev–Trinajstić information content (AvgIpc) is 2.57. The summed E-state index contributed by atoms with van der Waals surface area (Å²) in [5.41, 5.74) is 1.97. The second-order valence-electron chi connectivity index (χ2n) is 3.63. The zero-order chi connectivity index (χ0) is 10.9. The molecule has 0 saturated carbocycles. The molecule has 0 aliphatic heterocycles. The maximum absolute atomic E-state index is 8.79. The molecular weight excluding hydrogens is 194 g/mol. The van der Waals surface area contributed by atoms with Crippen LogP contribution in [0.25, 0.3) is 10.9 Å². The number of benzene rings is 1. The Morgan fingerprint density at radius 3 is 2.60 bits per heavy atom. The normalized spacial score (nSPS) is 12.2. The van der Waals surface area contributed by atoms with Crippen LogP contribution in [0.4, 0.5) is 0 Å². The van der Waals surface area contributed by atoms with Crippen LogP contribution in [-0.2, 0) is 6.42 Å². The highest BCUT2D eigenvalue weighted by atomic mass is 16.7. The van der Waals surface area contributed by atoms with Crippen molar-refractivity contribution in [3.63, 3.8) is 0 Å². The van der Waals surface area contributed by atoms with E-state index in [-0.39, 0.29) is 6.42 Å². The highest BCUT2D eigenvalue weighted by molar-refractivity contribution is 5.82. The SMILES string of the molecule is OC(O)(O)CCc1c[nH]c2ccccc12. The quantitative estimate of drug-likeness (QED) is 0.560. The predicted molar refractivity (Wildman–Crippen MR) is 56.0 cm³/mol. The van der Waals surface area contributed by atoms with Crippen molar-refractivity contribution in [1.29, 1.82) is 0 Å². The first kappa shape index (κ1) is 10.2. The van der Waals surface area contributed by atoms with Gasteiger partial charge in [-0.3, -0.25) is 0 Å². The Hall–Kier alpha value is -1.36. The van der Waals surface area contributed by atoms with E-state index in [1.165, 1.54) is 0 Å². The van der Waals surface area contributed by atoms with Crippen molar-refractivity contribution in [2.45, 2.75) is 18.8 Å². The van der Waals surface area contributed by atoms with Crippen LogP contribution in [0.5, 0.6) is 0 Å². The van der Waals surface area contributed by atoms with Gasteiger partial charge in [-0.2, -0.15) is 0 Å². The average molecular weight is 207 g/mol. The van der Waals surface area contributed by atoms with E-state index in [0.29, 0.717) is 6.42 Å². The maximum atomic E-state index is 8.79. The third-order valence-corrected chi connectivity index (χ3v) is 2.40. The Kier molecular flexibility index (Phi) is 2.48. The number of aryl methyl sites for hydroxylation is 1. The molecule has 0 spiro atoms. The Morgan fingerprint density at radius 2 is 1.87 bits per heavy atom. The lowest BCUT2D eigenvalue weighted by Gasteiger charge is -2.12. The molecule has 0 unspecified atom stereocenters. The van der Waals surface area contributed by atoms with Crippen molar-refractivity contribution in [3.8, 4) is 0 Å². The summed E-state index contributed by atoms with van der Waals surface area (Å²) in [5.74, 6) is -2.58. The molecule has 80 valence electrons. The van der Waals surface area contributed by atoms with Crippen LogP contribution in [0, 0.1) is 0 Å². The molecule has 4 N–H and O–H groups in total. The number of nitrogens with one attached hydrogen (secondary N) is 1. The van der Waals surface area contributed by atoms with E-state index >= 15 is 0 Å². The number of hydrogen-bond acceptors (Lipinski definition) is 3. The molecule has 4 heteroatoms. The Balaban J connectivity index is 2.22. The van der Waals surface area contributed by atoms with Crippen LogP contribution < -0.4 is 0 Å². The summed E-state index contributed by atoms with van der Waals surface area (Å²) in [6.45, 7) is 0. The van der Waals surface area contributed by atoms with E-state index < -0.39 is 5.97 Å². The van der Waals surface area contributed by atoms with Gasteiger partial charge >= 0.3 is 0 Å². The molecule has 0 saturated heterocycles. The summed E-state index contributed by atoms with van der Waals surface area (Å²) in [5, 5.41) is 27.4. The minimum atomic E-state index is -2.58. The van der Waals surface area contributed by atoms with E-state index in [0.717, 1.165) is 16.5 Å². The second-order valence-corrected chi connectivity index (χ2v) is 3.63. The molecule has 1 heterocycles. The van der Waals surface area contributed by atoms with Crippen LogP contribution in [0.2, 0.25) is 0 Å². The molecule has 0 aliphatic rings. The van der Waals surface area contributed by atoms with Gasteiger partial charge in [-0.15, -0.1) is 0 Å². The number of rotatable bonds is 3. The van der Waals surface area contributed by atoms with E-state index in [2.05, 4.69) is 4.98 Å². The Bertz CT molecular complexity index is 456. The van der Waals surface area contributed by atoms with E-state index in [9.17, 15) is 0 Å². The highest BCUT2D eigenvalue weighted by Crippen LogP contribution is 2.20. The molecule has 0 fully saturated rings. The summed E-state index contributed by atoms with van der Waals surface area (Å²) in [7, 11) is 0.